The molecule has 0 spiro atoms. The molecule has 1 amide bonds. The lowest BCUT2D eigenvalue weighted by atomic mass is 10.3. The number of aromatic nitrogens is 1. The average Bonchev–Trinajstić information content (AvgIpc) is 2.84. The van der Waals surface area contributed by atoms with Crippen LogP contribution < -0.4 is 0 Å². The van der Waals surface area contributed by atoms with Crippen molar-refractivity contribution < 1.29 is 4.79 Å². The van der Waals surface area contributed by atoms with E-state index in [1.165, 1.54) is 11.3 Å². The molecular formula is C11H12N2OS2. The smallest absolute Gasteiger partial charge is 0.265 e. The molecule has 84 valence electrons. The van der Waals surface area contributed by atoms with Gasteiger partial charge in [0, 0.05) is 25.0 Å². The quantitative estimate of drug-likeness (QED) is 0.823. The van der Waals surface area contributed by atoms with Crippen LogP contribution in [-0.4, -0.2) is 29.9 Å². The van der Waals surface area contributed by atoms with Crippen LogP contribution in [-0.2, 0) is 0 Å². The Balaban J connectivity index is 2.40. The Bertz CT molecular complexity index is 500. The van der Waals surface area contributed by atoms with Gasteiger partial charge < -0.3 is 4.90 Å². The lowest BCUT2D eigenvalue weighted by Gasteiger charge is -2.07. The van der Waals surface area contributed by atoms with Crippen molar-refractivity contribution in [2.24, 2.45) is 0 Å². The van der Waals surface area contributed by atoms with Gasteiger partial charge in [-0.1, -0.05) is 0 Å². The van der Waals surface area contributed by atoms with Crippen LogP contribution in [0.15, 0.2) is 16.8 Å². The number of aryl methyl sites for hydroxylation is 1. The molecule has 0 atom stereocenters. The van der Waals surface area contributed by atoms with E-state index in [1.54, 1.807) is 30.3 Å². The van der Waals surface area contributed by atoms with E-state index >= 15 is 0 Å². The number of rotatable bonds is 2. The fourth-order valence-electron chi connectivity index (χ4n) is 1.31. The first-order valence-electron chi connectivity index (χ1n) is 4.81. The number of thiazole rings is 1. The molecule has 3 nitrogen and oxygen atoms in total. The molecule has 2 heterocycles. The molecule has 0 N–H and O–H groups in total. The number of carbonyl (C=O) groups is 1. The molecule has 0 aromatic carbocycles. The van der Waals surface area contributed by atoms with Gasteiger partial charge in [-0.3, -0.25) is 4.79 Å². The lowest BCUT2D eigenvalue weighted by molar-refractivity contribution is 0.0831. The fraction of sp³-hybridized carbons (Fsp3) is 0.273. The average molecular weight is 252 g/mol. The van der Waals surface area contributed by atoms with Crippen molar-refractivity contribution in [2.75, 3.05) is 14.1 Å². The third-order valence-corrected chi connectivity index (χ3v) is 4.04. The lowest BCUT2D eigenvalue weighted by Crippen LogP contribution is -2.21. The third kappa shape index (κ3) is 2.01. The molecular weight excluding hydrogens is 240 g/mol. The zero-order valence-corrected chi connectivity index (χ0v) is 11.0. The summed E-state index contributed by atoms with van der Waals surface area (Å²) in [5, 5.41) is 4.98. The van der Waals surface area contributed by atoms with E-state index in [0.29, 0.717) is 0 Å². The molecule has 0 unspecified atom stereocenters. The Labute approximate surface area is 102 Å². The maximum atomic E-state index is 11.8. The van der Waals surface area contributed by atoms with E-state index in [-0.39, 0.29) is 5.91 Å². The first-order valence-corrected chi connectivity index (χ1v) is 6.57. The first kappa shape index (κ1) is 11.3. The number of nitrogens with zero attached hydrogens (tertiary/aromatic N) is 2. The van der Waals surface area contributed by atoms with Crippen LogP contribution in [0.3, 0.4) is 0 Å². The van der Waals surface area contributed by atoms with Gasteiger partial charge in [0.25, 0.3) is 5.91 Å². The topological polar surface area (TPSA) is 33.2 Å². The van der Waals surface area contributed by atoms with Crippen LogP contribution in [0.25, 0.3) is 10.6 Å². The summed E-state index contributed by atoms with van der Waals surface area (Å²) in [6, 6.07) is 2.02. The van der Waals surface area contributed by atoms with Crippen LogP contribution in [0.2, 0.25) is 0 Å². The van der Waals surface area contributed by atoms with Crippen LogP contribution in [0.5, 0.6) is 0 Å². The Morgan fingerprint density at radius 1 is 1.44 bits per heavy atom. The summed E-state index contributed by atoms with van der Waals surface area (Å²) in [7, 11) is 3.51. The molecule has 0 bridgehead atoms. The van der Waals surface area contributed by atoms with Gasteiger partial charge in [-0.25, -0.2) is 4.98 Å². The van der Waals surface area contributed by atoms with Crippen LogP contribution in [0.1, 0.15) is 15.4 Å². The van der Waals surface area contributed by atoms with Crippen LogP contribution in [0, 0.1) is 6.92 Å². The van der Waals surface area contributed by atoms with Crippen molar-refractivity contribution in [3.8, 4) is 10.6 Å². The van der Waals surface area contributed by atoms with Crippen molar-refractivity contribution in [1.29, 1.82) is 0 Å². The summed E-state index contributed by atoms with van der Waals surface area (Å²) >= 11 is 3.09. The predicted octanol–water partition coefficient (Wildman–Crippen LogP) is 2.88. The molecule has 2 aromatic heterocycles. The summed E-state index contributed by atoms with van der Waals surface area (Å²) in [6.07, 6.45) is 0. The van der Waals surface area contributed by atoms with Gasteiger partial charge in [0.1, 0.15) is 9.88 Å². The summed E-state index contributed by atoms with van der Waals surface area (Å²) in [5.41, 5.74) is 1.90. The van der Waals surface area contributed by atoms with Gasteiger partial charge >= 0.3 is 0 Å². The monoisotopic (exact) mass is 252 g/mol. The molecule has 16 heavy (non-hydrogen) atoms. The Morgan fingerprint density at radius 2 is 2.19 bits per heavy atom. The summed E-state index contributed by atoms with van der Waals surface area (Å²) < 4.78 is 0. The predicted molar refractivity (Wildman–Crippen MR) is 68.2 cm³/mol. The van der Waals surface area contributed by atoms with Gasteiger partial charge in [0.15, 0.2) is 0 Å². The van der Waals surface area contributed by atoms with Gasteiger partial charge in [-0.2, -0.15) is 11.3 Å². The van der Waals surface area contributed by atoms with Crippen LogP contribution >= 0.6 is 22.7 Å². The van der Waals surface area contributed by atoms with E-state index in [1.807, 2.05) is 23.8 Å². The van der Waals surface area contributed by atoms with Crippen molar-refractivity contribution in [3.63, 3.8) is 0 Å². The molecule has 5 heteroatoms. The van der Waals surface area contributed by atoms with Gasteiger partial charge in [0.05, 0.1) is 5.69 Å². The van der Waals surface area contributed by atoms with Gasteiger partial charge in [0.2, 0.25) is 0 Å². The van der Waals surface area contributed by atoms with Crippen LogP contribution in [0.4, 0.5) is 0 Å². The molecule has 0 saturated heterocycles. The van der Waals surface area contributed by atoms with E-state index in [9.17, 15) is 4.79 Å². The zero-order valence-electron chi connectivity index (χ0n) is 9.35. The number of thiophene rings is 1. The molecule has 2 rings (SSSR count). The maximum absolute atomic E-state index is 11.8. The first-order chi connectivity index (χ1) is 7.59. The van der Waals surface area contributed by atoms with Crippen molar-refractivity contribution in [1.82, 2.24) is 9.88 Å². The number of carbonyl (C=O) groups excluding carboxylic acids is 1. The van der Waals surface area contributed by atoms with Crippen molar-refractivity contribution in [2.45, 2.75) is 6.92 Å². The summed E-state index contributed by atoms with van der Waals surface area (Å²) in [4.78, 5) is 18.6. The highest BCUT2D eigenvalue weighted by Gasteiger charge is 2.17. The minimum absolute atomic E-state index is 0.0245. The standard InChI is InChI=1S/C11H12N2OS2/c1-7-9(11(14)13(2)3)16-10(12-7)8-4-5-15-6-8/h4-6H,1-3H3. The highest BCUT2D eigenvalue weighted by atomic mass is 32.1. The Hall–Kier alpha value is -1.20. The molecule has 0 aliphatic carbocycles. The highest BCUT2D eigenvalue weighted by molar-refractivity contribution is 7.17. The second kappa shape index (κ2) is 4.35. The molecule has 0 saturated carbocycles. The van der Waals surface area contributed by atoms with Gasteiger partial charge in [-0.05, 0) is 18.4 Å². The normalized spacial score (nSPS) is 10.4. The number of hydrogen-bond acceptors (Lipinski definition) is 4. The maximum Gasteiger partial charge on any atom is 0.265 e. The molecule has 2 aromatic rings. The molecule has 0 fully saturated rings. The molecule has 0 aliphatic rings. The minimum atomic E-state index is 0.0245. The molecule has 0 aliphatic heterocycles. The van der Waals surface area contributed by atoms with Crippen molar-refractivity contribution >= 4 is 28.6 Å². The second-order valence-corrected chi connectivity index (χ2v) is 5.42. The fourth-order valence-corrected chi connectivity index (χ4v) is 3.11. The number of hydrogen-bond donors (Lipinski definition) is 0. The van der Waals surface area contributed by atoms with E-state index in [4.69, 9.17) is 0 Å². The summed E-state index contributed by atoms with van der Waals surface area (Å²) in [5.74, 6) is 0.0245. The van der Waals surface area contributed by atoms with E-state index < -0.39 is 0 Å². The van der Waals surface area contributed by atoms with E-state index in [2.05, 4.69) is 4.98 Å². The zero-order chi connectivity index (χ0) is 11.7. The molecule has 0 radical (unpaired) electrons. The third-order valence-electron chi connectivity index (χ3n) is 2.17. The Kier molecular flexibility index (Phi) is 3.07. The highest BCUT2D eigenvalue weighted by Crippen LogP contribution is 2.29. The summed E-state index contributed by atoms with van der Waals surface area (Å²) in [6.45, 7) is 1.88. The second-order valence-electron chi connectivity index (χ2n) is 3.65. The Morgan fingerprint density at radius 3 is 2.75 bits per heavy atom. The minimum Gasteiger partial charge on any atom is -0.344 e. The van der Waals surface area contributed by atoms with Crippen molar-refractivity contribution in [3.05, 3.63) is 27.4 Å². The van der Waals surface area contributed by atoms with Gasteiger partial charge in [-0.15, -0.1) is 11.3 Å². The van der Waals surface area contributed by atoms with E-state index in [0.717, 1.165) is 21.1 Å². The largest absolute Gasteiger partial charge is 0.344 e. The number of amides is 1. The SMILES string of the molecule is Cc1nc(-c2ccsc2)sc1C(=O)N(C)C.